The van der Waals surface area contributed by atoms with Gasteiger partial charge in [0.2, 0.25) is 0 Å². The fourth-order valence-electron chi connectivity index (χ4n) is 5.60. The lowest BCUT2D eigenvalue weighted by atomic mass is 10.00. The number of unbranched alkanes of at least 4 members (excludes halogenated alkanes) is 8. The van der Waals surface area contributed by atoms with Crippen molar-refractivity contribution < 1.29 is 19.1 Å². The normalized spacial score (nSPS) is 11.1. The third-order valence-electron chi connectivity index (χ3n) is 8.31. The number of hydrogen-bond donors (Lipinski definition) is 2. The van der Waals surface area contributed by atoms with Crippen molar-refractivity contribution in [2.24, 2.45) is 0 Å². The van der Waals surface area contributed by atoms with E-state index in [1.807, 2.05) is 54.6 Å². The van der Waals surface area contributed by atoms with E-state index in [9.17, 15) is 9.59 Å². The lowest BCUT2D eigenvalue weighted by molar-refractivity contribution is 0.0497. The van der Waals surface area contributed by atoms with Crippen molar-refractivity contribution >= 4 is 29.2 Å². The molecule has 0 bridgehead atoms. The van der Waals surface area contributed by atoms with Crippen LogP contribution in [0.15, 0.2) is 97.1 Å². The minimum absolute atomic E-state index is 0.0137. The van der Waals surface area contributed by atoms with E-state index >= 15 is 0 Å². The average molecular weight is 647 g/mol. The van der Waals surface area contributed by atoms with Gasteiger partial charge >= 0.3 is 5.97 Å². The van der Waals surface area contributed by atoms with Crippen LogP contribution >= 0.6 is 0 Å². The fourth-order valence-corrected chi connectivity index (χ4v) is 5.60. The van der Waals surface area contributed by atoms with Crippen LogP contribution in [-0.4, -0.2) is 25.0 Å². The number of esters is 1. The highest BCUT2D eigenvalue weighted by Gasteiger charge is 2.09. The zero-order chi connectivity index (χ0) is 34.0. The predicted molar refractivity (Wildman–Crippen MR) is 198 cm³/mol. The van der Waals surface area contributed by atoms with Gasteiger partial charge in [-0.05, 0) is 77.9 Å². The molecule has 0 unspecified atom stereocenters. The van der Waals surface area contributed by atoms with Gasteiger partial charge in [0.25, 0.3) is 0 Å². The minimum atomic E-state index is -0.377. The second kappa shape index (κ2) is 19.7. The first-order valence-electron chi connectivity index (χ1n) is 17.4. The number of rotatable bonds is 20. The van der Waals surface area contributed by atoms with E-state index < -0.39 is 0 Å². The van der Waals surface area contributed by atoms with Gasteiger partial charge in [-0.15, -0.1) is 0 Å². The molecule has 6 heteroatoms. The molecule has 0 heterocycles. The molecule has 0 aliphatic rings. The summed E-state index contributed by atoms with van der Waals surface area (Å²) in [4.78, 5) is 24.8. The molecule has 0 aliphatic carbocycles. The Balaban J connectivity index is 1.02. The maximum Gasteiger partial charge on any atom is 0.338 e. The van der Waals surface area contributed by atoms with Gasteiger partial charge in [-0.25, -0.2) is 4.79 Å². The van der Waals surface area contributed by atoms with Gasteiger partial charge in [-0.2, -0.15) is 0 Å². The van der Waals surface area contributed by atoms with Crippen LogP contribution in [0.1, 0.15) is 103 Å². The highest BCUT2D eigenvalue weighted by atomic mass is 16.5. The summed E-state index contributed by atoms with van der Waals surface area (Å²) in [5, 5.41) is 0. The molecule has 0 aromatic heterocycles. The van der Waals surface area contributed by atoms with Crippen LogP contribution in [0.5, 0.6) is 5.75 Å². The molecule has 48 heavy (non-hydrogen) atoms. The van der Waals surface area contributed by atoms with Crippen molar-refractivity contribution in [2.45, 2.75) is 77.6 Å². The summed E-state index contributed by atoms with van der Waals surface area (Å²) in [5.41, 5.74) is 18.1. The van der Waals surface area contributed by atoms with Crippen LogP contribution < -0.4 is 16.2 Å². The molecule has 0 aliphatic heterocycles. The molecular formula is C42H50N2O4. The Bertz CT molecular complexity index is 1570. The summed E-state index contributed by atoms with van der Waals surface area (Å²) in [6.45, 7) is 3.30. The molecule has 0 radical (unpaired) electrons. The Hall–Kier alpha value is -4.84. The third-order valence-corrected chi connectivity index (χ3v) is 8.31. The lowest BCUT2D eigenvalue weighted by Crippen LogP contribution is -2.07. The van der Waals surface area contributed by atoms with Gasteiger partial charge in [-0.1, -0.05) is 125 Å². The topological polar surface area (TPSA) is 105 Å². The molecule has 0 amide bonds. The number of benzene rings is 4. The summed E-state index contributed by atoms with van der Waals surface area (Å²) >= 11 is 0. The van der Waals surface area contributed by atoms with Gasteiger partial charge in [-0.3, -0.25) is 4.79 Å². The zero-order valence-corrected chi connectivity index (χ0v) is 28.3. The Kier molecular flexibility index (Phi) is 14.8. The van der Waals surface area contributed by atoms with Crippen LogP contribution in [0.2, 0.25) is 0 Å². The molecule has 4 aromatic rings. The van der Waals surface area contributed by atoms with Gasteiger partial charge in [0.15, 0.2) is 5.78 Å². The molecule has 0 saturated heterocycles. The van der Waals surface area contributed by atoms with E-state index in [-0.39, 0.29) is 11.8 Å². The van der Waals surface area contributed by atoms with E-state index in [4.69, 9.17) is 20.9 Å². The van der Waals surface area contributed by atoms with Crippen LogP contribution in [0.4, 0.5) is 11.4 Å². The number of carbonyl (C=O) groups excluding carboxylic acids is 2. The summed E-state index contributed by atoms with van der Waals surface area (Å²) < 4.78 is 11.3. The Morgan fingerprint density at radius 1 is 0.625 bits per heavy atom. The van der Waals surface area contributed by atoms with E-state index in [0.717, 1.165) is 67.4 Å². The maximum absolute atomic E-state index is 12.7. The van der Waals surface area contributed by atoms with E-state index in [1.54, 1.807) is 24.3 Å². The summed E-state index contributed by atoms with van der Waals surface area (Å²) in [7, 11) is 0. The van der Waals surface area contributed by atoms with E-state index in [2.05, 4.69) is 31.2 Å². The molecule has 0 saturated carbocycles. The molecule has 4 aromatic carbocycles. The number of ether oxygens (including phenoxy) is 2. The number of nitrogens with two attached hydrogens (primary N) is 2. The van der Waals surface area contributed by atoms with Crippen LogP contribution in [0.3, 0.4) is 0 Å². The van der Waals surface area contributed by atoms with Gasteiger partial charge in [0.05, 0.1) is 18.8 Å². The smallest absolute Gasteiger partial charge is 0.338 e. The van der Waals surface area contributed by atoms with Crippen LogP contribution in [-0.2, 0) is 11.2 Å². The average Bonchev–Trinajstić information content (AvgIpc) is 3.09. The standard InChI is InChI=1S/C42H50N2O4/c1-2-12-32-13-18-34(19-14-32)35-20-22-36(23-21-35)41(45)26-17-33-15-24-40(25-16-33)47-27-10-8-6-4-3-5-7-9-11-28-48-42(46)37-29-38(43)31-39(44)30-37/h13-26,29-31H,2-12,27-28,43-44H2,1H3. The first kappa shape index (κ1) is 36.0. The van der Waals surface area contributed by atoms with Crippen molar-refractivity contribution in [3.63, 3.8) is 0 Å². The summed E-state index contributed by atoms with van der Waals surface area (Å²) in [6.07, 6.45) is 15.8. The van der Waals surface area contributed by atoms with Gasteiger partial charge in [0.1, 0.15) is 5.75 Å². The fraction of sp³-hybridized carbons (Fsp3) is 0.333. The SMILES string of the molecule is CCCc1ccc(-c2ccc(C(=O)C=Cc3ccc(OCCCCCCCCCCCOC(=O)c4cc(N)cc(N)c4)cc3)cc2)cc1. The molecule has 252 valence electrons. The van der Waals surface area contributed by atoms with E-state index in [1.165, 1.54) is 31.2 Å². The molecule has 4 N–H and O–H groups in total. The second-order valence-electron chi connectivity index (χ2n) is 12.3. The Morgan fingerprint density at radius 3 is 1.75 bits per heavy atom. The number of ketones is 1. The first-order chi connectivity index (χ1) is 23.4. The highest BCUT2D eigenvalue weighted by molar-refractivity contribution is 6.07. The highest BCUT2D eigenvalue weighted by Crippen LogP contribution is 2.22. The van der Waals surface area contributed by atoms with Crippen molar-refractivity contribution in [3.8, 4) is 16.9 Å². The van der Waals surface area contributed by atoms with Crippen molar-refractivity contribution in [3.05, 3.63) is 119 Å². The second-order valence-corrected chi connectivity index (χ2v) is 12.3. The Morgan fingerprint density at radius 2 is 1.17 bits per heavy atom. The minimum Gasteiger partial charge on any atom is -0.494 e. The van der Waals surface area contributed by atoms with E-state index in [0.29, 0.717) is 35.7 Å². The van der Waals surface area contributed by atoms with Crippen molar-refractivity contribution in [1.82, 2.24) is 0 Å². The monoisotopic (exact) mass is 646 g/mol. The number of anilines is 2. The predicted octanol–water partition coefficient (Wildman–Crippen LogP) is 10.1. The number of aryl methyl sites for hydroxylation is 1. The summed E-state index contributed by atoms with van der Waals surface area (Å²) in [6, 6.07) is 29.1. The lowest BCUT2D eigenvalue weighted by Gasteiger charge is -2.07. The maximum atomic E-state index is 12.7. The van der Waals surface area contributed by atoms with Crippen LogP contribution in [0, 0.1) is 0 Å². The molecular weight excluding hydrogens is 596 g/mol. The summed E-state index contributed by atoms with van der Waals surface area (Å²) in [5.74, 6) is 0.456. The number of allylic oxidation sites excluding steroid dienone is 1. The van der Waals surface area contributed by atoms with Crippen molar-refractivity contribution in [1.29, 1.82) is 0 Å². The Labute approximate surface area is 286 Å². The first-order valence-corrected chi connectivity index (χ1v) is 17.4. The zero-order valence-electron chi connectivity index (χ0n) is 28.3. The number of hydrogen-bond acceptors (Lipinski definition) is 6. The number of nitrogen functional groups attached to an aromatic ring is 2. The quantitative estimate of drug-likeness (QED) is 0.0326. The van der Waals surface area contributed by atoms with Crippen LogP contribution in [0.25, 0.3) is 17.2 Å². The third kappa shape index (κ3) is 12.4. The molecule has 0 fully saturated rings. The van der Waals surface area contributed by atoms with Gasteiger partial charge in [0, 0.05) is 16.9 Å². The molecule has 6 nitrogen and oxygen atoms in total. The molecule has 0 atom stereocenters. The molecule has 4 rings (SSSR count). The van der Waals surface area contributed by atoms with Gasteiger partial charge < -0.3 is 20.9 Å². The molecule has 0 spiro atoms. The van der Waals surface area contributed by atoms with Crippen molar-refractivity contribution in [2.75, 3.05) is 24.7 Å². The largest absolute Gasteiger partial charge is 0.494 e. The number of carbonyl (C=O) groups is 2.